The summed E-state index contributed by atoms with van der Waals surface area (Å²) in [5, 5.41) is 1.25. The van der Waals surface area contributed by atoms with Crippen LogP contribution in [0.2, 0.25) is 5.02 Å². The molecule has 160 valence electrons. The molecule has 0 saturated heterocycles. The van der Waals surface area contributed by atoms with Gasteiger partial charge in [0.25, 0.3) is 5.91 Å². The van der Waals surface area contributed by atoms with Gasteiger partial charge >= 0.3 is 5.97 Å². The van der Waals surface area contributed by atoms with Gasteiger partial charge in [0.05, 0.1) is 16.8 Å². The summed E-state index contributed by atoms with van der Waals surface area (Å²) in [6.45, 7) is 1.46. The van der Waals surface area contributed by atoms with Crippen LogP contribution in [0.25, 0.3) is 22.2 Å². The second-order valence-corrected chi connectivity index (χ2v) is 7.79. The average Bonchev–Trinajstić information content (AvgIpc) is 2.82. The van der Waals surface area contributed by atoms with Crippen LogP contribution < -0.4 is 4.90 Å². The Morgan fingerprint density at radius 2 is 1.69 bits per heavy atom. The highest BCUT2D eigenvalue weighted by molar-refractivity contribution is 6.30. The number of esters is 1. The van der Waals surface area contributed by atoms with Crippen LogP contribution in [-0.2, 0) is 9.53 Å². The first-order valence-corrected chi connectivity index (χ1v) is 10.5. The van der Waals surface area contributed by atoms with Gasteiger partial charge in [0.1, 0.15) is 0 Å². The number of anilines is 1. The number of aromatic nitrogens is 1. The Balaban J connectivity index is 1.66. The number of pyridine rings is 1. The van der Waals surface area contributed by atoms with Crippen LogP contribution in [0, 0.1) is 6.92 Å². The number of amides is 1. The van der Waals surface area contributed by atoms with Crippen LogP contribution in [0.3, 0.4) is 0 Å². The number of hydrogen-bond acceptors (Lipinski definition) is 4. The van der Waals surface area contributed by atoms with Crippen LogP contribution in [-0.4, -0.2) is 30.5 Å². The second-order valence-electron chi connectivity index (χ2n) is 7.35. The summed E-state index contributed by atoms with van der Waals surface area (Å²) in [7, 11) is 1.65. The second kappa shape index (κ2) is 9.20. The predicted molar refractivity (Wildman–Crippen MR) is 127 cm³/mol. The van der Waals surface area contributed by atoms with E-state index in [4.69, 9.17) is 21.3 Å². The Morgan fingerprint density at radius 3 is 2.44 bits per heavy atom. The van der Waals surface area contributed by atoms with Crippen molar-refractivity contribution in [3.63, 3.8) is 0 Å². The minimum atomic E-state index is -0.570. The fourth-order valence-electron chi connectivity index (χ4n) is 3.58. The molecule has 0 unspecified atom stereocenters. The Morgan fingerprint density at radius 1 is 0.969 bits per heavy atom. The van der Waals surface area contributed by atoms with Crippen molar-refractivity contribution in [2.75, 3.05) is 18.6 Å². The Hall–Kier alpha value is -3.70. The topological polar surface area (TPSA) is 59.5 Å². The first-order valence-electron chi connectivity index (χ1n) is 10.1. The molecule has 0 N–H and O–H groups in total. The summed E-state index contributed by atoms with van der Waals surface area (Å²) in [5.41, 5.74) is 3.89. The van der Waals surface area contributed by atoms with E-state index in [0.717, 1.165) is 11.3 Å². The lowest BCUT2D eigenvalue weighted by Gasteiger charge is -2.18. The zero-order chi connectivity index (χ0) is 22.7. The predicted octanol–water partition coefficient (Wildman–Crippen LogP) is 5.68. The maximum absolute atomic E-state index is 13.1. The summed E-state index contributed by atoms with van der Waals surface area (Å²) in [6.07, 6.45) is 0. The van der Waals surface area contributed by atoms with Gasteiger partial charge < -0.3 is 9.64 Å². The molecule has 0 atom stereocenters. The van der Waals surface area contributed by atoms with Crippen LogP contribution in [0.1, 0.15) is 15.9 Å². The van der Waals surface area contributed by atoms with E-state index in [0.29, 0.717) is 32.7 Å². The molecule has 4 aromatic rings. The van der Waals surface area contributed by atoms with Gasteiger partial charge in [-0.25, -0.2) is 9.78 Å². The molecule has 4 rings (SSSR count). The van der Waals surface area contributed by atoms with E-state index in [2.05, 4.69) is 0 Å². The number of para-hydroxylation sites is 2. The lowest BCUT2D eigenvalue weighted by Crippen LogP contribution is -2.31. The molecule has 5 nitrogen and oxygen atoms in total. The molecule has 32 heavy (non-hydrogen) atoms. The molecule has 0 aliphatic rings. The number of benzene rings is 3. The van der Waals surface area contributed by atoms with Gasteiger partial charge in [-0.2, -0.15) is 0 Å². The first kappa shape index (κ1) is 21.5. The number of rotatable bonds is 5. The van der Waals surface area contributed by atoms with Gasteiger partial charge in [-0.15, -0.1) is 0 Å². The van der Waals surface area contributed by atoms with E-state index in [1.54, 1.807) is 19.2 Å². The molecule has 0 aliphatic heterocycles. The van der Waals surface area contributed by atoms with Gasteiger partial charge in [-0.1, -0.05) is 60.1 Å². The van der Waals surface area contributed by atoms with Crippen molar-refractivity contribution in [3.8, 4) is 11.3 Å². The van der Waals surface area contributed by atoms with E-state index in [1.165, 1.54) is 4.90 Å². The van der Waals surface area contributed by atoms with Crippen LogP contribution >= 0.6 is 11.6 Å². The maximum Gasteiger partial charge on any atom is 0.339 e. The number of hydrogen-bond donors (Lipinski definition) is 0. The largest absolute Gasteiger partial charge is 0.452 e. The highest BCUT2D eigenvalue weighted by atomic mass is 35.5. The molecule has 1 amide bonds. The third-order valence-electron chi connectivity index (χ3n) is 5.28. The average molecular weight is 445 g/mol. The summed E-state index contributed by atoms with van der Waals surface area (Å²) in [6, 6.07) is 23.9. The molecule has 0 radical (unpaired) electrons. The van der Waals surface area contributed by atoms with Gasteiger partial charge in [-0.05, 0) is 42.8 Å². The number of nitrogens with zero attached hydrogens (tertiary/aromatic N) is 2. The van der Waals surface area contributed by atoms with Crippen molar-refractivity contribution in [1.29, 1.82) is 0 Å². The number of halogens is 1. The van der Waals surface area contributed by atoms with E-state index in [9.17, 15) is 9.59 Å². The minimum absolute atomic E-state index is 0.323. The maximum atomic E-state index is 13.1. The molecular formula is C26H21ClN2O3. The highest BCUT2D eigenvalue weighted by Gasteiger charge is 2.22. The van der Waals surface area contributed by atoms with E-state index in [-0.39, 0.29) is 12.5 Å². The summed E-state index contributed by atoms with van der Waals surface area (Å²) in [5.74, 6) is -0.894. The lowest BCUT2D eigenvalue weighted by molar-refractivity contribution is -0.121. The Kier molecular flexibility index (Phi) is 6.19. The Bertz CT molecular complexity index is 1310. The molecule has 0 saturated carbocycles. The molecule has 0 aliphatic carbocycles. The highest BCUT2D eigenvalue weighted by Crippen LogP contribution is 2.31. The molecule has 1 aromatic heterocycles. The fourth-order valence-corrected chi connectivity index (χ4v) is 3.77. The number of fused-ring (bicyclic) bond motifs is 1. The van der Waals surface area contributed by atoms with Crippen molar-refractivity contribution in [2.45, 2.75) is 6.92 Å². The van der Waals surface area contributed by atoms with E-state index < -0.39 is 5.97 Å². The van der Waals surface area contributed by atoms with Crippen LogP contribution in [0.15, 0.2) is 78.9 Å². The number of carbonyl (C=O) groups is 2. The van der Waals surface area contributed by atoms with Crippen LogP contribution in [0.5, 0.6) is 0 Å². The molecule has 6 heteroatoms. The lowest BCUT2D eigenvalue weighted by atomic mass is 9.98. The number of likely N-dealkylation sites (N-methyl/N-ethyl adjacent to an activating group) is 1. The van der Waals surface area contributed by atoms with Crippen LogP contribution in [0.4, 0.5) is 5.69 Å². The third-order valence-corrected chi connectivity index (χ3v) is 5.52. The molecule has 0 bridgehead atoms. The smallest absolute Gasteiger partial charge is 0.339 e. The van der Waals surface area contributed by atoms with Gasteiger partial charge in [0.2, 0.25) is 0 Å². The molecular weight excluding hydrogens is 424 g/mol. The zero-order valence-electron chi connectivity index (χ0n) is 17.7. The summed E-state index contributed by atoms with van der Waals surface area (Å²) >= 11 is 6.17. The normalized spacial score (nSPS) is 10.7. The molecule has 3 aromatic carbocycles. The zero-order valence-corrected chi connectivity index (χ0v) is 18.5. The van der Waals surface area contributed by atoms with Gasteiger partial charge in [-0.3, -0.25) is 4.79 Å². The Labute approximate surface area is 191 Å². The first-order chi connectivity index (χ1) is 15.5. The number of ether oxygens (including phenoxy) is 1. The van der Waals surface area contributed by atoms with Gasteiger partial charge in [0.15, 0.2) is 6.61 Å². The van der Waals surface area contributed by atoms with E-state index >= 15 is 0 Å². The quantitative estimate of drug-likeness (QED) is 0.371. The summed E-state index contributed by atoms with van der Waals surface area (Å²) in [4.78, 5) is 31.9. The molecule has 0 fully saturated rings. The van der Waals surface area contributed by atoms with Gasteiger partial charge in [0, 0.05) is 28.7 Å². The minimum Gasteiger partial charge on any atom is -0.452 e. The SMILES string of the molecule is Cc1c(-c2cccc(Cl)c2)nc2ccccc2c1C(=O)OCC(=O)N(C)c1ccccc1. The fraction of sp³-hybridized carbons (Fsp3) is 0.115. The third kappa shape index (κ3) is 4.34. The summed E-state index contributed by atoms with van der Waals surface area (Å²) < 4.78 is 5.45. The van der Waals surface area contributed by atoms with Crippen molar-refractivity contribution in [2.24, 2.45) is 0 Å². The van der Waals surface area contributed by atoms with Crippen molar-refractivity contribution in [3.05, 3.63) is 95.0 Å². The van der Waals surface area contributed by atoms with Crippen molar-refractivity contribution in [1.82, 2.24) is 4.98 Å². The molecule has 0 spiro atoms. The van der Waals surface area contributed by atoms with Crippen molar-refractivity contribution >= 4 is 40.1 Å². The monoisotopic (exact) mass is 444 g/mol. The molecule has 1 heterocycles. The standard InChI is InChI=1S/C26H21ClN2O3/c1-17-24(26(31)32-16-23(30)29(2)20-11-4-3-5-12-20)21-13-6-7-14-22(21)28-25(17)18-9-8-10-19(27)15-18/h3-15H,16H2,1-2H3. The van der Waals surface area contributed by atoms with E-state index in [1.807, 2.05) is 73.7 Å². The number of carbonyl (C=O) groups excluding carboxylic acids is 2. The van der Waals surface area contributed by atoms with Crippen molar-refractivity contribution < 1.29 is 14.3 Å².